The molecule has 0 amide bonds. The van der Waals surface area contributed by atoms with Gasteiger partial charge in [0, 0.05) is 23.2 Å². The van der Waals surface area contributed by atoms with E-state index in [1.165, 1.54) is 27.7 Å². The van der Waals surface area contributed by atoms with E-state index >= 15 is 0 Å². The summed E-state index contributed by atoms with van der Waals surface area (Å²) in [6, 6.07) is 9.08. The van der Waals surface area contributed by atoms with Crippen molar-refractivity contribution < 1.29 is 0 Å². The summed E-state index contributed by atoms with van der Waals surface area (Å²) < 4.78 is 1.41. The number of hydrogen-bond acceptors (Lipinski definition) is 3. The normalized spacial score (nSPS) is 18.3. The van der Waals surface area contributed by atoms with Gasteiger partial charge in [-0.05, 0) is 72.5 Å². The molecule has 3 rings (SSSR count). The van der Waals surface area contributed by atoms with Crippen LogP contribution in [0.2, 0.25) is 0 Å². The Labute approximate surface area is 131 Å². The van der Waals surface area contributed by atoms with Crippen molar-refractivity contribution in [3.05, 3.63) is 49.0 Å². The van der Waals surface area contributed by atoms with Crippen molar-refractivity contribution in [3.8, 4) is 0 Å². The molecule has 100 valence electrons. The van der Waals surface area contributed by atoms with Crippen LogP contribution in [0.3, 0.4) is 0 Å². The smallest absolute Gasteiger partial charge is 0.0659 e. The van der Waals surface area contributed by atoms with E-state index in [-0.39, 0.29) is 0 Å². The molecule has 1 atom stereocenters. The lowest BCUT2D eigenvalue weighted by Gasteiger charge is -2.23. The predicted molar refractivity (Wildman–Crippen MR) is 88.5 cm³/mol. The van der Waals surface area contributed by atoms with Crippen molar-refractivity contribution in [3.63, 3.8) is 0 Å². The van der Waals surface area contributed by atoms with Gasteiger partial charge in [-0.1, -0.05) is 6.07 Å². The Kier molecular flexibility index (Phi) is 4.19. The van der Waals surface area contributed by atoms with Gasteiger partial charge in [0.15, 0.2) is 0 Å². The zero-order valence-electron chi connectivity index (χ0n) is 10.9. The zero-order valence-corrected chi connectivity index (χ0v) is 13.9. The molecule has 1 unspecified atom stereocenters. The van der Waals surface area contributed by atoms with E-state index in [1.54, 1.807) is 4.88 Å². The van der Waals surface area contributed by atoms with Gasteiger partial charge in [-0.2, -0.15) is 0 Å². The third-order valence-corrected chi connectivity index (χ3v) is 5.53. The quantitative estimate of drug-likeness (QED) is 0.802. The van der Waals surface area contributed by atoms with E-state index in [9.17, 15) is 0 Å². The number of nitrogens with one attached hydrogen (secondary N) is 1. The number of nitrogens with zero attached hydrogens (tertiary/aromatic N) is 1. The Hall–Kier alpha value is -0.460. The molecule has 4 heteroatoms. The lowest BCUT2D eigenvalue weighted by Crippen LogP contribution is -2.24. The Morgan fingerprint density at radius 2 is 2.37 bits per heavy atom. The Bertz CT molecular complexity index is 579. The number of thiophene rings is 1. The van der Waals surface area contributed by atoms with Gasteiger partial charge >= 0.3 is 0 Å². The van der Waals surface area contributed by atoms with E-state index in [0.29, 0.717) is 6.04 Å². The molecular weight excluding hydrogens is 367 g/mol. The minimum Gasteiger partial charge on any atom is -0.304 e. The molecule has 0 aromatic carbocycles. The van der Waals surface area contributed by atoms with Gasteiger partial charge in [0.2, 0.25) is 0 Å². The first kappa shape index (κ1) is 13.5. The van der Waals surface area contributed by atoms with Crippen LogP contribution in [0.1, 0.15) is 40.7 Å². The third kappa shape index (κ3) is 3.17. The van der Waals surface area contributed by atoms with Gasteiger partial charge in [0.25, 0.3) is 0 Å². The molecule has 1 aliphatic rings. The average Bonchev–Trinajstić information content (AvgIpc) is 2.77. The molecule has 1 aliphatic carbocycles. The number of halogens is 1. The van der Waals surface area contributed by atoms with Crippen LogP contribution in [0.5, 0.6) is 0 Å². The first-order chi connectivity index (χ1) is 9.22. The maximum absolute atomic E-state index is 4.56. The minimum absolute atomic E-state index is 0.505. The molecule has 0 spiro atoms. The van der Waals surface area contributed by atoms with Crippen molar-refractivity contribution in [2.75, 3.05) is 0 Å². The van der Waals surface area contributed by atoms with Gasteiger partial charge in [-0.3, -0.25) is 4.98 Å². The Balaban J connectivity index is 1.71. The second-order valence-corrected chi connectivity index (χ2v) is 8.06. The molecule has 0 aliphatic heterocycles. The highest BCUT2D eigenvalue weighted by Gasteiger charge is 2.22. The van der Waals surface area contributed by atoms with Crippen LogP contribution in [0, 0.1) is 9.81 Å². The SMILES string of the molecule is Cc1cccc(CNC2CCCc3sc(I)cc32)n1. The van der Waals surface area contributed by atoms with Crippen LogP contribution >= 0.6 is 33.9 Å². The lowest BCUT2D eigenvalue weighted by molar-refractivity contribution is 0.460. The summed E-state index contributed by atoms with van der Waals surface area (Å²) in [6.07, 6.45) is 3.79. The van der Waals surface area contributed by atoms with Gasteiger partial charge in [0.05, 0.1) is 8.58 Å². The van der Waals surface area contributed by atoms with Crippen LogP contribution in [-0.2, 0) is 13.0 Å². The van der Waals surface area contributed by atoms with E-state index in [2.05, 4.69) is 51.1 Å². The Morgan fingerprint density at radius 1 is 1.47 bits per heavy atom. The lowest BCUT2D eigenvalue weighted by atomic mass is 9.94. The minimum atomic E-state index is 0.505. The number of rotatable bonds is 3. The van der Waals surface area contributed by atoms with Crippen molar-refractivity contribution in [1.29, 1.82) is 0 Å². The zero-order chi connectivity index (χ0) is 13.2. The van der Waals surface area contributed by atoms with Crippen LogP contribution in [0.15, 0.2) is 24.3 Å². The standard InChI is InChI=1S/C15H17IN2S/c1-10-4-2-5-11(18-10)9-17-13-6-3-7-14-12(13)8-15(16)19-14/h2,4-5,8,13,17H,3,6-7,9H2,1H3. The second-order valence-electron chi connectivity index (χ2n) is 5.03. The van der Waals surface area contributed by atoms with Crippen molar-refractivity contribution >= 4 is 33.9 Å². The van der Waals surface area contributed by atoms with Gasteiger partial charge in [-0.15, -0.1) is 11.3 Å². The van der Waals surface area contributed by atoms with E-state index in [1.807, 2.05) is 24.3 Å². The van der Waals surface area contributed by atoms with Crippen LogP contribution in [0.4, 0.5) is 0 Å². The van der Waals surface area contributed by atoms with Crippen molar-refractivity contribution in [1.82, 2.24) is 10.3 Å². The van der Waals surface area contributed by atoms with Crippen LogP contribution in [0.25, 0.3) is 0 Å². The number of fused-ring (bicyclic) bond motifs is 1. The number of pyridine rings is 1. The molecule has 2 nitrogen and oxygen atoms in total. The van der Waals surface area contributed by atoms with Crippen molar-refractivity contribution in [2.45, 2.75) is 38.8 Å². The number of hydrogen-bond donors (Lipinski definition) is 1. The fourth-order valence-electron chi connectivity index (χ4n) is 2.66. The Morgan fingerprint density at radius 3 is 3.21 bits per heavy atom. The maximum atomic E-state index is 4.56. The third-order valence-electron chi connectivity index (χ3n) is 3.56. The molecule has 19 heavy (non-hydrogen) atoms. The molecule has 0 saturated heterocycles. The fourth-order valence-corrected chi connectivity index (χ4v) is 4.78. The van der Waals surface area contributed by atoms with E-state index in [4.69, 9.17) is 0 Å². The predicted octanol–water partition coefficient (Wildman–Crippen LogP) is 4.22. The van der Waals surface area contributed by atoms with Gasteiger partial charge < -0.3 is 5.32 Å². The summed E-state index contributed by atoms with van der Waals surface area (Å²) in [6.45, 7) is 2.90. The highest BCUT2D eigenvalue weighted by Crippen LogP contribution is 2.36. The highest BCUT2D eigenvalue weighted by atomic mass is 127. The summed E-state index contributed by atoms with van der Waals surface area (Å²) in [5, 5.41) is 3.68. The number of aryl methyl sites for hydroxylation is 2. The van der Waals surface area contributed by atoms with Gasteiger partial charge in [0.1, 0.15) is 0 Å². The highest BCUT2D eigenvalue weighted by molar-refractivity contribution is 14.1. The monoisotopic (exact) mass is 384 g/mol. The molecule has 2 aromatic rings. The fraction of sp³-hybridized carbons (Fsp3) is 0.400. The summed E-state index contributed by atoms with van der Waals surface area (Å²) >= 11 is 4.38. The topological polar surface area (TPSA) is 24.9 Å². The molecule has 2 heterocycles. The summed E-state index contributed by atoms with van der Waals surface area (Å²) in [5.41, 5.74) is 3.75. The first-order valence-electron chi connectivity index (χ1n) is 6.66. The van der Waals surface area contributed by atoms with Crippen LogP contribution in [-0.4, -0.2) is 4.98 Å². The van der Waals surface area contributed by atoms with E-state index < -0.39 is 0 Å². The van der Waals surface area contributed by atoms with Crippen LogP contribution < -0.4 is 5.32 Å². The molecule has 0 bridgehead atoms. The molecule has 0 saturated carbocycles. The summed E-state index contributed by atoms with van der Waals surface area (Å²) in [5.74, 6) is 0. The largest absolute Gasteiger partial charge is 0.304 e. The molecule has 2 aromatic heterocycles. The second kappa shape index (κ2) is 5.89. The van der Waals surface area contributed by atoms with Gasteiger partial charge in [-0.25, -0.2) is 0 Å². The maximum Gasteiger partial charge on any atom is 0.0659 e. The summed E-state index contributed by atoms with van der Waals surface area (Å²) in [7, 11) is 0. The molecular formula is C15H17IN2S. The molecule has 0 fully saturated rings. The van der Waals surface area contributed by atoms with Crippen molar-refractivity contribution in [2.24, 2.45) is 0 Å². The van der Waals surface area contributed by atoms with E-state index in [0.717, 1.165) is 17.9 Å². The number of aromatic nitrogens is 1. The molecule has 0 radical (unpaired) electrons. The average molecular weight is 384 g/mol. The molecule has 1 N–H and O–H groups in total. The first-order valence-corrected chi connectivity index (χ1v) is 8.56. The summed E-state index contributed by atoms with van der Waals surface area (Å²) in [4.78, 5) is 6.13.